The monoisotopic (exact) mass is 658 g/mol. The number of halogens is 1. The third kappa shape index (κ3) is 9.00. The van der Waals surface area contributed by atoms with Crippen molar-refractivity contribution in [2.75, 3.05) is 35.7 Å². The number of nitrogens with two attached hydrogens (primary N) is 1. The molecule has 0 aliphatic carbocycles. The van der Waals surface area contributed by atoms with Gasteiger partial charge in [0.15, 0.2) is 5.69 Å². The highest BCUT2D eigenvalue weighted by Gasteiger charge is 2.19. The summed E-state index contributed by atoms with van der Waals surface area (Å²) in [5.74, 6) is -0.0497. The van der Waals surface area contributed by atoms with E-state index < -0.39 is 21.7 Å². The molecule has 1 heterocycles. The second kappa shape index (κ2) is 14.5. The van der Waals surface area contributed by atoms with E-state index in [0.717, 1.165) is 18.2 Å². The first-order valence-electron chi connectivity index (χ1n) is 14.9. The molecule has 12 heteroatoms. The maximum absolute atomic E-state index is 15.7. The van der Waals surface area contributed by atoms with Gasteiger partial charge in [-0.3, -0.25) is 9.52 Å². The van der Waals surface area contributed by atoms with Crippen LogP contribution < -0.4 is 24.8 Å². The van der Waals surface area contributed by atoms with Crippen molar-refractivity contribution in [3.8, 4) is 17.2 Å². The Morgan fingerprint density at radius 2 is 1.83 bits per heavy atom. The average molecular weight is 659 g/mol. The zero-order chi connectivity index (χ0) is 33.6. The highest BCUT2D eigenvalue weighted by atomic mass is 32.2. The van der Waals surface area contributed by atoms with E-state index in [0.29, 0.717) is 60.3 Å². The third-order valence-electron chi connectivity index (χ3n) is 7.68. The van der Waals surface area contributed by atoms with Gasteiger partial charge < -0.3 is 24.8 Å². The van der Waals surface area contributed by atoms with Gasteiger partial charge in [0.25, 0.3) is 0 Å². The molecule has 1 aliphatic rings. The highest BCUT2D eigenvalue weighted by molar-refractivity contribution is 7.92. The molecule has 1 saturated heterocycles. The van der Waals surface area contributed by atoms with Crippen molar-refractivity contribution in [2.45, 2.75) is 26.4 Å². The van der Waals surface area contributed by atoms with Gasteiger partial charge in [0.05, 0.1) is 31.7 Å². The molecule has 1 fully saturated rings. The number of carbonyl (C=O) groups excluding carboxylic acids is 1. The molecule has 0 radical (unpaired) electrons. The van der Waals surface area contributed by atoms with E-state index in [1.807, 2.05) is 23.1 Å². The van der Waals surface area contributed by atoms with Crippen LogP contribution >= 0.6 is 0 Å². The van der Waals surface area contributed by atoms with E-state index in [4.69, 9.17) is 26.5 Å². The van der Waals surface area contributed by atoms with Crippen molar-refractivity contribution in [3.05, 3.63) is 118 Å². The van der Waals surface area contributed by atoms with Crippen LogP contribution in [0.15, 0.2) is 78.9 Å². The summed E-state index contributed by atoms with van der Waals surface area (Å²) in [6.45, 7) is 11.2. The van der Waals surface area contributed by atoms with Crippen molar-refractivity contribution in [2.24, 2.45) is 11.7 Å². The molecule has 10 nitrogen and oxygen atoms in total. The number of benzene rings is 4. The van der Waals surface area contributed by atoms with E-state index in [1.54, 1.807) is 55.5 Å². The van der Waals surface area contributed by atoms with Gasteiger partial charge >= 0.3 is 0 Å². The molecule has 0 bridgehead atoms. The number of hydrogen-bond acceptors (Lipinski definition) is 7. The van der Waals surface area contributed by atoms with Crippen LogP contribution in [0.4, 0.5) is 21.5 Å². The highest BCUT2D eigenvalue weighted by Crippen LogP contribution is 2.33. The van der Waals surface area contributed by atoms with E-state index in [2.05, 4.69) is 9.57 Å². The molecular formula is C35H35FN4O6S. The molecule has 1 aliphatic heterocycles. The molecule has 1 atom stereocenters. The molecule has 4 aromatic rings. The zero-order valence-corrected chi connectivity index (χ0v) is 26.8. The molecule has 1 unspecified atom stereocenters. The fourth-order valence-electron chi connectivity index (χ4n) is 5.25. The van der Waals surface area contributed by atoms with Crippen LogP contribution in [0, 0.1) is 25.2 Å². The maximum atomic E-state index is 15.7. The van der Waals surface area contributed by atoms with Crippen LogP contribution in [0.2, 0.25) is 0 Å². The van der Waals surface area contributed by atoms with Crippen molar-refractivity contribution in [3.63, 3.8) is 0 Å². The standard InChI is InChI=1S/C35H35FN4O6S/c1-23-33(39-47(3,42)43)5-4-6-34(23)40(19-24-7-10-28(38-2)11-8-24)20-26-9-12-29(18-32(26)36)46-31-16-27(35(37)41)15-30(17-31)45-22-25-13-14-44-21-25/h4-12,15-18,25,39H,13-14,19-22H2,1,3H3,(H2,37,41). The summed E-state index contributed by atoms with van der Waals surface area (Å²) in [5.41, 5.74) is 9.27. The lowest BCUT2D eigenvalue weighted by atomic mass is 10.1. The van der Waals surface area contributed by atoms with Crippen LogP contribution in [0.1, 0.15) is 33.5 Å². The molecule has 0 aromatic heterocycles. The maximum Gasteiger partial charge on any atom is 0.248 e. The zero-order valence-electron chi connectivity index (χ0n) is 26.0. The number of nitrogens with one attached hydrogen (secondary N) is 1. The van der Waals surface area contributed by atoms with Crippen LogP contribution in [-0.2, 0) is 27.8 Å². The number of hydrogen-bond donors (Lipinski definition) is 2. The molecule has 3 N–H and O–H groups in total. The summed E-state index contributed by atoms with van der Waals surface area (Å²) in [5, 5.41) is 0. The summed E-state index contributed by atoms with van der Waals surface area (Å²) < 4.78 is 59.5. The minimum atomic E-state index is -3.53. The average Bonchev–Trinajstić information content (AvgIpc) is 3.55. The first-order chi connectivity index (χ1) is 22.5. The normalized spacial score (nSPS) is 14.3. The second-order valence-corrected chi connectivity index (χ2v) is 13.2. The van der Waals surface area contributed by atoms with Crippen LogP contribution in [-0.4, -0.2) is 40.4 Å². The summed E-state index contributed by atoms with van der Waals surface area (Å²) >= 11 is 0. The van der Waals surface area contributed by atoms with E-state index >= 15 is 4.39 Å². The number of primary amides is 1. The summed E-state index contributed by atoms with van der Waals surface area (Å²) in [7, 11) is -3.53. The topological polar surface area (TPSA) is 125 Å². The summed E-state index contributed by atoms with van der Waals surface area (Å²) in [6, 6.07) is 21.5. The van der Waals surface area contributed by atoms with Gasteiger partial charge in [-0.1, -0.05) is 36.4 Å². The van der Waals surface area contributed by atoms with Crippen molar-refractivity contribution in [1.82, 2.24) is 0 Å². The SMILES string of the molecule is [C-]#[N+]c1ccc(CN(Cc2ccc(Oc3cc(OCC4CCOC4)cc(C(N)=O)c3)cc2F)c2cccc(NS(C)(=O)=O)c2C)cc1. The Balaban J connectivity index is 1.40. The lowest BCUT2D eigenvalue weighted by Crippen LogP contribution is -2.24. The lowest BCUT2D eigenvalue weighted by molar-refractivity contribution is 0.0999. The van der Waals surface area contributed by atoms with Crippen molar-refractivity contribution in [1.29, 1.82) is 0 Å². The van der Waals surface area contributed by atoms with Gasteiger partial charge in [0.2, 0.25) is 15.9 Å². The first-order valence-corrected chi connectivity index (χ1v) is 16.8. The molecule has 0 saturated carbocycles. The van der Waals surface area contributed by atoms with Crippen LogP contribution in [0.25, 0.3) is 4.85 Å². The molecule has 4 aromatic carbocycles. The Morgan fingerprint density at radius 1 is 1.06 bits per heavy atom. The third-order valence-corrected chi connectivity index (χ3v) is 8.27. The van der Waals surface area contributed by atoms with Gasteiger partial charge in [0.1, 0.15) is 23.1 Å². The summed E-state index contributed by atoms with van der Waals surface area (Å²) in [6.07, 6.45) is 1.97. The predicted octanol–water partition coefficient (Wildman–Crippen LogP) is 6.57. The molecule has 244 valence electrons. The number of ether oxygens (including phenoxy) is 3. The van der Waals surface area contributed by atoms with Crippen LogP contribution in [0.5, 0.6) is 17.2 Å². The van der Waals surface area contributed by atoms with Gasteiger partial charge in [0, 0.05) is 54.6 Å². The molecular weight excluding hydrogens is 623 g/mol. The molecule has 0 spiro atoms. The molecule has 5 rings (SSSR count). The second-order valence-electron chi connectivity index (χ2n) is 11.4. The largest absolute Gasteiger partial charge is 0.493 e. The van der Waals surface area contributed by atoms with Gasteiger partial charge in [-0.05, 0) is 54.8 Å². The van der Waals surface area contributed by atoms with E-state index in [9.17, 15) is 13.2 Å². The minimum absolute atomic E-state index is 0.139. The van der Waals surface area contributed by atoms with Gasteiger partial charge in [-0.2, -0.15) is 0 Å². The Kier molecular flexibility index (Phi) is 10.3. The van der Waals surface area contributed by atoms with E-state index in [-0.39, 0.29) is 29.5 Å². The fraction of sp³-hybridized carbons (Fsp3) is 0.257. The lowest BCUT2D eigenvalue weighted by Gasteiger charge is -2.28. The number of sulfonamides is 1. The Morgan fingerprint density at radius 3 is 2.49 bits per heavy atom. The first kappa shape index (κ1) is 33.2. The van der Waals surface area contributed by atoms with Gasteiger partial charge in [-0.15, -0.1) is 0 Å². The quantitative estimate of drug-likeness (QED) is 0.156. The van der Waals surface area contributed by atoms with E-state index in [1.165, 1.54) is 12.1 Å². The molecule has 47 heavy (non-hydrogen) atoms. The van der Waals surface area contributed by atoms with Crippen LogP contribution in [0.3, 0.4) is 0 Å². The minimum Gasteiger partial charge on any atom is -0.493 e. The number of nitrogens with zero attached hydrogens (tertiary/aromatic N) is 2. The summed E-state index contributed by atoms with van der Waals surface area (Å²) in [4.78, 5) is 17.4. The van der Waals surface area contributed by atoms with Gasteiger partial charge in [-0.25, -0.2) is 17.7 Å². The van der Waals surface area contributed by atoms with Crippen molar-refractivity contribution < 1.29 is 31.8 Å². The number of anilines is 2. The smallest absolute Gasteiger partial charge is 0.248 e. The fourth-order valence-corrected chi connectivity index (χ4v) is 5.87. The number of carbonyl (C=O) groups is 1. The Hall–Kier alpha value is -5.12. The number of rotatable bonds is 13. The Bertz CT molecular complexity index is 1900. The Labute approximate surface area is 273 Å². The predicted molar refractivity (Wildman–Crippen MR) is 178 cm³/mol. The molecule has 1 amide bonds. The number of amides is 1. The van der Waals surface area contributed by atoms with Crippen molar-refractivity contribution >= 4 is 33.0 Å².